The maximum Gasteiger partial charge on any atom is 0.262 e. The number of hydrogen-bond acceptors (Lipinski definition) is 4. The Kier molecular flexibility index (Phi) is 8.54. The highest BCUT2D eigenvalue weighted by Crippen LogP contribution is 2.33. The van der Waals surface area contributed by atoms with Crippen molar-refractivity contribution in [3.63, 3.8) is 0 Å². The molecule has 3 aromatic carbocycles. The molecule has 3 rings (SSSR count). The maximum atomic E-state index is 12.3. The number of carbonyl (C=O) groups excluding carboxylic acids is 1. The Hall–Kier alpha value is -3.02. The van der Waals surface area contributed by atoms with Crippen LogP contribution in [0.1, 0.15) is 29.2 Å². The molecule has 0 radical (unpaired) electrons. The van der Waals surface area contributed by atoms with Crippen LogP contribution >= 0.6 is 11.6 Å². The molecule has 0 fully saturated rings. The van der Waals surface area contributed by atoms with E-state index in [9.17, 15) is 4.79 Å². The van der Waals surface area contributed by atoms with Crippen molar-refractivity contribution >= 4 is 23.2 Å². The molecule has 5 nitrogen and oxygen atoms in total. The lowest BCUT2D eigenvalue weighted by atomic mass is 10.1. The van der Waals surface area contributed by atoms with Gasteiger partial charge in [0, 0.05) is 29.9 Å². The van der Waals surface area contributed by atoms with Crippen LogP contribution in [0.3, 0.4) is 0 Å². The van der Waals surface area contributed by atoms with Crippen molar-refractivity contribution in [1.82, 2.24) is 5.32 Å². The van der Waals surface area contributed by atoms with E-state index >= 15 is 0 Å². The van der Waals surface area contributed by atoms with E-state index in [4.69, 9.17) is 21.1 Å². The average molecular weight is 453 g/mol. The van der Waals surface area contributed by atoms with Crippen LogP contribution in [0.15, 0.2) is 60.7 Å². The number of anilines is 1. The highest BCUT2D eigenvalue weighted by molar-refractivity contribution is 6.31. The Morgan fingerprint density at radius 3 is 2.16 bits per heavy atom. The van der Waals surface area contributed by atoms with Crippen molar-refractivity contribution in [3.05, 3.63) is 87.9 Å². The van der Waals surface area contributed by atoms with Crippen molar-refractivity contribution < 1.29 is 14.3 Å². The van der Waals surface area contributed by atoms with Crippen LogP contribution in [0.25, 0.3) is 0 Å². The predicted octanol–water partition coefficient (Wildman–Crippen LogP) is 5.66. The van der Waals surface area contributed by atoms with Crippen LogP contribution in [0.2, 0.25) is 5.02 Å². The van der Waals surface area contributed by atoms with Crippen molar-refractivity contribution in [1.29, 1.82) is 0 Å². The van der Waals surface area contributed by atoms with Gasteiger partial charge in [-0.25, -0.2) is 0 Å². The van der Waals surface area contributed by atoms with E-state index < -0.39 is 0 Å². The van der Waals surface area contributed by atoms with Gasteiger partial charge in [0.05, 0.1) is 6.61 Å². The smallest absolute Gasteiger partial charge is 0.262 e. The van der Waals surface area contributed by atoms with Gasteiger partial charge in [0.15, 0.2) is 18.1 Å². The standard InChI is InChI=1S/C26H29ClN2O3/c1-4-31-24-13-21(16-28-15-20-9-5-18(2)6-10-20)23(27)14-25(24)32-17-26(30)29-22-11-7-19(3)8-12-22/h5-14,28H,4,15-17H2,1-3H3,(H,29,30). The zero-order valence-corrected chi connectivity index (χ0v) is 19.5. The van der Waals surface area contributed by atoms with E-state index in [0.29, 0.717) is 29.7 Å². The molecule has 0 saturated carbocycles. The molecule has 6 heteroatoms. The summed E-state index contributed by atoms with van der Waals surface area (Å²) in [6, 6.07) is 19.6. The molecule has 0 aromatic heterocycles. The first kappa shape index (κ1) is 23.6. The minimum atomic E-state index is -0.253. The summed E-state index contributed by atoms with van der Waals surface area (Å²) in [5, 5.41) is 6.77. The Bertz CT molecular complexity index is 1030. The van der Waals surface area contributed by atoms with E-state index in [1.165, 1.54) is 11.1 Å². The quantitative estimate of drug-likeness (QED) is 0.416. The molecule has 3 aromatic rings. The molecule has 1 amide bonds. The molecule has 0 aliphatic rings. The fourth-order valence-electron chi connectivity index (χ4n) is 3.12. The first-order valence-corrected chi connectivity index (χ1v) is 11.0. The summed E-state index contributed by atoms with van der Waals surface area (Å²) in [5.41, 5.74) is 5.20. The second-order valence-electron chi connectivity index (χ2n) is 7.62. The van der Waals surface area contributed by atoms with Gasteiger partial charge in [0.25, 0.3) is 5.91 Å². The van der Waals surface area contributed by atoms with Gasteiger partial charge in [-0.1, -0.05) is 59.1 Å². The topological polar surface area (TPSA) is 59.6 Å². The van der Waals surface area contributed by atoms with Crippen LogP contribution in [-0.2, 0) is 17.9 Å². The van der Waals surface area contributed by atoms with E-state index in [1.807, 2.05) is 44.2 Å². The van der Waals surface area contributed by atoms with E-state index in [0.717, 1.165) is 23.4 Å². The average Bonchev–Trinajstić information content (AvgIpc) is 2.77. The van der Waals surface area contributed by atoms with Crippen molar-refractivity contribution in [2.75, 3.05) is 18.5 Å². The normalized spacial score (nSPS) is 10.6. The summed E-state index contributed by atoms with van der Waals surface area (Å²) in [4.78, 5) is 12.3. The van der Waals surface area contributed by atoms with Gasteiger partial charge >= 0.3 is 0 Å². The molecule has 32 heavy (non-hydrogen) atoms. The first-order chi connectivity index (χ1) is 15.4. The summed E-state index contributed by atoms with van der Waals surface area (Å²) in [7, 11) is 0. The molecule has 0 saturated heterocycles. The lowest BCUT2D eigenvalue weighted by Crippen LogP contribution is -2.20. The summed E-state index contributed by atoms with van der Waals surface area (Å²) in [5.74, 6) is 0.752. The van der Waals surface area contributed by atoms with Gasteiger partial charge < -0.3 is 20.1 Å². The van der Waals surface area contributed by atoms with Crippen LogP contribution in [0, 0.1) is 13.8 Å². The molecule has 2 N–H and O–H groups in total. The van der Waals surface area contributed by atoms with Crippen molar-refractivity contribution in [3.8, 4) is 11.5 Å². The van der Waals surface area contributed by atoms with Crippen LogP contribution in [-0.4, -0.2) is 19.1 Å². The number of halogens is 1. The fourth-order valence-corrected chi connectivity index (χ4v) is 3.34. The number of benzene rings is 3. The lowest BCUT2D eigenvalue weighted by molar-refractivity contribution is -0.118. The third-order valence-electron chi connectivity index (χ3n) is 4.87. The monoisotopic (exact) mass is 452 g/mol. The highest BCUT2D eigenvalue weighted by atomic mass is 35.5. The molecule has 168 valence electrons. The molecule has 0 bridgehead atoms. The SMILES string of the molecule is CCOc1cc(CNCc2ccc(C)cc2)c(Cl)cc1OCC(=O)Nc1ccc(C)cc1. The highest BCUT2D eigenvalue weighted by Gasteiger charge is 2.13. The molecular weight excluding hydrogens is 424 g/mol. The van der Waals surface area contributed by atoms with Gasteiger partial charge in [0.2, 0.25) is 0 Å². The molecular formula is C26H29ClN2O3. The number of ether oxygens (including phenoxy) is 2. The third-order valence-corrected chi connectivity index (χ3v) is 5.22. The summed E-state index contributed by atoms with van der Waals surface area (Å²) in [6.07, 6.45) is 0. The second kappa shape index (κ2) is 11.6. The Labute approximate surface area is 194 Å². The summed E-state index contributed by atoms with van der Waals surface area (Å²) in [6.45, 7) is 7.62. The molecule has 0 spiro atoms. The molecule has 0 unspecified atom stereocenters. The van der Waals surface area contributed by atoms with Gasteiger partial charge in [-0.15, -0.1) is 0 Å². The van der Waals surface area contributed by atoms with Gasteiger partial charge in [-0.2, -0.15) is 0 Å². The van der Waals surface area contributed by atoms with E-state index in [1.54, 1.807) is 6.07 Å². The Morgan fingerprint density at radius 2 is 1.50 bits per heavy atom. The van der Waals surface area contributed by atoms with Crippen molar-refractivity contribution in [2.24, 2.45) is 0 Å². The zero-order chi connectivity index (χ0) is 22.9. The predicted molar refractivity (Wildman–Crippen MR) is 130 cm³/mol. The maximum absolute atomic E-state index is 12.3. The van der Waals surface area contributed by atoms with Gasteiger partial charge in [0.1, 0.15) is 0 Å². The van der Waals surface area contributed by atoms with Gasteiger partial charge in [-0.05, 0) is 50.1 Å². The number of hydrogen-bond donors (Lipinski definition) is 2. The Balaban J connectivity index is 1.60. The van der Waals surface area contributed by atoms with E-state index in [-0.39, 0.29) is 12.5 Å². The summed E-state index contributed by atoms with van der Waals surface area (Å²) < 4.78 is 11.5. The number of rotatable bonds is 10. The first-order valence-electron chi connectivity index (χ1n) is 10.7. The minimum absolute atomic E-state index is 0.144. The zero-order valence-electron chi connectivity index (χ0n) is 18.7. The second-order valence-corrected chi connectivity index (χ2v) is 8.02. The molecule has 0 aliphatic heterocycles. The number of carbonyl (C=O) groups is 1. The number of amides is 1. The van der Waals surface area contributed by atoms with Gasteiger partial charge in [-0.3, -0.25) is 4.79 Å². The Morgan fingerprint density at radius 1 is 0.875 bits per heavy atom. The number of nitrogens with one attached hydrogen (secondary N) is 2. The molecule has 0 aliphatic carbocycles. The van der Waals surface area contributed by atoms with Crippen LogP contribution in [0.5, 0.6) is 11.5 Å². The third kappa shape index (κ3) is 7.01. The largest absolute Gasteiger partial charge is 0.490 e. The fraction of sp³-hybridized carbons (Fsp3) is 0.269. The summed E-state index contributed by atoms with van der Waals surface area (Å²) >= 11 is 6.49. The number of aryl methyl sites for hydroxylation is 2. The van der Waals surface area contributed by atoms with Crippen molar-refractivity contribution in [2.45, 2.75) is 33.9 Å². The van der Waals surface area contributed by atoms with E-state index in [2.05, 4.69) is 41.8 Å². The molecule has 0 atom stereocenters. The molecule has 0 heterocycles. The minimum Gasteiger partial charge on any atom is -0.490 e. The van der Waals surface area contributed by atoms with Crippen LogP contribution in [0.4, 0.5) is 5.69 Å². The van der Waals surface area contributed by atoms with Crippen LogP contribution < -0.4 is 20.1 Å². The lowest BCUT2D eigenvalue weighted by Gasteiger charge is -2.15.